The molecule has 1 saturated carbocycles. The van der Waals surface area contributed by atoms with E-state index in [4.69, 9.17) is 4.98 Å². The van der Waals surface area contributed by atoms with E-state index in [9.17, 15) is 9.18 Å². The first kappa shape index (κ1) is 19.6. The van der Waals surface area contributed by atoms with Crippen LogP contribution < -0.4 is 0 Å². The van der Waals surface area contributed by atoms with Crippen LogP contribution in [-0.2, 0) is 4.79 Å². The van der Waals surface area contributed by atoms with Crippen molar-refractivity contribution in [3.05, 3.63) is 71.8 Å². The third-order valence-corrected chi connectivity index (χ3v) is 6.03. The van der Waals surface area contributed by atoms with E-state index in [-0.39, 0.29) is 23.5 Å². The molecular formula is C22H23FN4OS. The van der Waals surface area contributed by atoms with Crippen molar-refractivity contribution >= 4 is 17.7 Å². The number of aromatic nitrogens is 3. The third kappa shape index (κ3) is 4.50. The lowest BCUT2D eigenvalue weighted by molar-refractivity contribution is -0.128. The maximum Gasteiger partial charge on any atom is 0.233 e. The zero-order valence-corrected chi connectivity index (χ0v) is 17.3. The number of para-hydroxylation sites is 1. The smallest absolute Gasteiger partial charge is 0.233 e. The largest absolute Gasteiger partial charge is 0.338 e. The summed E-state index contributed by atoms with van der Waals surface area (Å²) in [4.78, 5) is 19.0. The summed E-state index contributed by atoms with van der Waals surface area (Å²) < 4.78 is 15.0. The highest BCUT2D eigenvalue weighted by Gasteiger charge is 2.30. The van der Waals surface area contributed by atoms with Gasteiger partial charge in [0.25, 0.3) is 0 Å². The maximum absolute atomic E-state index is 13.1. The number of rotatable bonds is 7. The second-order valence-corrected chi connectivity index (χ2v) is 8.24. The average molecular weight is 411 g/mol. The Morgan fingerprint density at radius 1 is 1.21 bits per heavy atom. The van der Waals surface area contributed by atoms with Crippen molar-refractivity contribution in [2.45, 2.75) is 36.9 Å². The van der Waals surface area contributed by atoms with Crippen LogP contribution in [0.3, 0.4) is 0 Å². The molecule has 3 aromatic rings. The summed E-state index contributed by atoms with van der Waals surface area (Å²) in [7, 11) is 1.77. The molecule has 1 heterocycles. The van der Waals surface area contributed by atoms with Gasteiger partial charge in [-0.25, -0.2) is 14.1 Å². The van der Waals surface area contributed by atoms with Crippen LogP contribution in [-0.4, -0.2) is 38.4 Å². The van der Waals surface area contributed by atoms with E-state index in [2.05, 4.69) is 5.10 Å². The van der Waals surface area contributed by atoms with E-state index in [0.717, 1.165) is 29.9 Å². The van der Waals surface area contributed by atoms with Crippen LogP contribution >= 0.6 is 11.8 Å². The van der Waals surface area contributed by atoms with Gasteiger partial charge in [0.1, 0.15) is 11.6 Å². The molecule has 1 aliphatic carbocycles. The summed E-state index contributed by atoms with van der Waals surface area (Å²) in [5.74, 6) is 1.38. The normalized spacial score (nSPS) is 14.6. The summed E-state index contributed by atoms with van der Waals surface area (Å²) in [5.41, 5.74) is 1.89. The third-order valence-electron chi connectivity index (χ3n) is 5.21. The summed E-state index contributed by atoms with van der Waals surface area (Å²) in [6.07, 6.45) is 2.26. The van der Waals surface area contributed by atoms with Crippen LogP contribution in [0.5, 0.6) is 0 Å². The average Bonchev–Trinajstić information content (AvgIpc) is 3.51. The molecule has 7 heteroatoms. The zero-order chi connectivity index (χ0) is 20.4. The summed E-state index contributed by atoms with van der Waals surface area (Å²) in [6, 6.07) is 16.1. The minimum atomic E-state index is -0.281. The summed E-state index contributed by atoms with van der Waals surface area (Å²) in [6.45, 7) is 1.93. The van der Waals surface area contributed by atoms with E-state index in [1.54, 1.807) is 24.1 Å². The van der Waals surface area contributed by atoms with Crippen LogP contribution in [0.15, 0.2) is 59.8 Å². The van der Waals surface area contributed by atoms with E-state index in [0.29, 0.717) is 11.1 Å². The molecule has 5 nitrogen and oxygen atoms in total. The highest BCUT2D eigenvalue weighted by Crippen LogP contribution is 2.40. The van der Waals surface area contributed by atoms with Gasteiger partial charge in [-0.05, 0) is 49.6 Å². The minimum Gasteiger partial charge on any atom is -0.338 e. The number of halogens is 1. The molecule has 1 aromatic heterocycles. The van der Waals surface area contributed by atoms with Gasteiger partial charge < -0.3 is 4.90 Å². The lowest BCUT2D eigenvalue weighted by atomic mass is 10.1. The number of carbonyl (C=O) groups is 1. The number of carbonyl (C=O) groups excluding carboxylic acids is 1. The fourth-order valence-corrected chi connectivity index (χ4v) is 3.89. The summed E-state index contributed by atoms with van der Waals surface area (Å²) in [5, 5.41) is 5.26. The van der Waals surface area contributed by atoms with Crippen LogP contribution in [0.2, 0.25) is 0 Å². The van der Waals surface area contributed by atoms with Crippen LogP contribution in [0, 0.1) is 5.82 Å². The lowest BCUT2D eigenvalue weighted by Gasteiger charge is -2.25. The molecule has 0 spiro atoms. The molecule has 4 rings (SSSR count). The van der Waals surface area contributed by atoms with Gasteiger partial charge >= 0.3 is 0 Å². The monoisotopic (exact) mass is 410 g/mol. The first-order valence-corrected chi connectivity index (χ1v) is 10.7. The quantitative estimate of drug-likeness (QED) is 0.535. The number of thioether (sulfide) groups is 1. The second-order valence-electron chi connectivity index (χ2n) is 7.30. The van der Waals surface area contributed by atoms with Crippen molar-refractivity contribution in [2.75, 3.05) is 12.8 Å². The zero-order valence-electron chi connectivity index (χ0n) is 16.5. The van der Waals surface area contributed by atoms with E-state index in [1.807, 2.05) is 41.9 Å². The van der Waals surface area contributed by atoms with Gasteiger partial charge in [-0.1, -0.05) is 42.1 Å². The van der Waals surface area contributed by atoms with E-state index >= 15 is 0 Å². The molecule has 1 fully saturated rings. The van der Waals surface area contributed by atoms with E-state index in [1.165, 1.54) is 23.9 Å². The molecule has 29 heavy (non-hydrogen) atoms. The first-order chi connectivity index (χ1) is 14.0. The Hall–Kier alpha value is -2.67. The van der Waals surface area contributed by atoms with Crippen LogP contribution in [0.25, 0.3) is 5.69 Å². The van der Waals surface area contributed by atoms with Gasteiger partial charge in [0.2, 0.25) is 11.1 Å². The Morgan fingerprint density at radius 3 is 2.55 bits per heavy atom. The number of amides is 1. The molecule has 0 radical (unpaired) electrons. The van der Waals surface area contributed by atoms with Gasteiger partial charge in [0.15, 0.2) is 0 Å². The fraction of sp³-hybridized carbons (Fsp3) is 0.318. The molecule has 1 aliphatic rings. The predicted molar refractivity (Wildman–Crippen MR) is 112 cm³/mol. The minimum absolute atomic E-state index is 0.0177. The first-order valence-electron chi connectivity index (χ1n) is 9.69. The molecule has 1 atom stereocenters. The molecule has 1 unspecified atom stereocenters. The number of hydrogen-bond donors (Lipinski definition) is 0. The number of benzene rings is 2. The highest BCUT2D eigenvalue weighted by atomic mass is 32.2. The van der Waals surface area contributed by atoms with Crippen molar-refractivity contribution in [3.8, 4) is 5.69 Å². The molecule has 1 amide bonds. The van der Waals surface area contributed by atoms with Gasteiger partial charge in [-0.15, -0.1) is 5.10 Å². The molecular weight excluding hydrogens is 387 g/mol. The molecule has 0 bridgehead atoms. The van der Waals surface area contributed by atoms with Gasteiger partial charge in [-0.3, -0.25) is 4.79 Å². The Labute approximate surface area is 173 Å². The topological polar surface area (TPSA) is 51.0 Å². The lowest BCUT2D eigenvalue weighted by Crippen LogP contribution is -2.31. The second kappa shape index (κ2) is 8.37. The molecule has 0 saturated heterocycles. The SMILES string of the molecule is CC(c1ccc(F)cc1)N(C)C(=O)CSc1nc(C2CC2)n(-c2ccccc2)n1. The van der Waals surface area contributed by atoms with Crippen molar-refractivity contribution in [3.63, 3.8) is 0 Å². The van der Waals surface area contributed by atoms with Crippen LogP contribution in [0.1, 0.15) is 43.1 Å². The number of hydrogen-bond acceptors (Lipinski definition) is 4. The molecule has 2 aromatic carbocycles. The molecule has 150 valence electrons. The standard InChI is InChI=1S/C22H23FN4OS/c1-15(16-10-12-18(23)13-11-16)26(2)20(28)14-29-22-24-21(17-8-9-17)27(25-22)19-6-4-3-5-7-19/h3-7,10-13,15,17H,8-9,14H2,1-2H3. The Balaban J connectivity index is 1.43. The van der Waals surface area contributed by atoms with Crippen molar-refractivity contribution < 1.29 is 9.18 Å². The van der Waals surface area contributed by atoms with E-state index < -0.39 is 0 Å². The predicted octanol–water partition coefficient (Wildman–Crippen LogP) is 4.60. The van der Waals surface area contributed by atoms with Crippen LogP contribution in [0.4, 0.5) is 4.39 Å². The number of nitrogens with zero attached hydrogens (tertiary/aromatic N) is 4. The molecule has 0 N–H and O–H groups in total. The van der Waals surface area contributed by atoms with Crippen molar-refractivity contribution in [1.29, 1.82) is 0 Å². The highest BCUT2D eigenvalue weighted by molar-refractivity contribution is 7.99. The van der Waals surface area contributed by atoms with Crippen molar-refractivity contribution in [1.82, 2.24) is 19.7 Å². The van der Waals surface area contributed by atoms with Gasteiger partial charge in [0.05, 0.1) is 17.5 Å². The Bertz CT molecular complexity index is 986. The van der Waals surface area contributed by atoms with Gasteiger partial charge in [-0.2, -0.15) is 0 Å². The molecule has 0 aliphatic heterocycles. The fourth-order valence-electron chi connectivity index (χ4n) is 3.14. The Kier molecular flexibility index (Phi) is 5.67. The maximum atomic E-state index is 13.1. The van der Waals surface area contributed by atoms with Crippen molar-refractivity contribution in [2.24, 2.45) is 0 Å². The summed E-state index contributed by atoms with van der Waals surface area (Å²) >= 11 is 1.35. The Morgan fingerprint density at radius 2 is 1.90 bits per heavy atom. The van der Waals surface area contributed by atoms with Gasteiger partial charge in [0, 0.05) is 13.0 Å².